The molecule has 2 N–H and O–H groups in total. The van der Waals surface area contributed by atoms with Crippen molar-refractivity contribution in [2.24, 2.45) is 0 Å². The number of rotatable bonds is 7. The van der Waals surface area contributed by atoms with Gasteiger partial charge in [-0.2, -0.15) is 11.8 Å². The molecule has 0 aromatic heterocycles. The SMILES string of the molecule is CSCCC(NC(=O)c1cccc(C)c1)C(=O)N(C)C1CCNC1.Cl. The number of nitrogens with zero attached hydrogens (tertiary/aromatic N) is 1. The Morgan fingerprint density at radius 1 is 1.44 bits per heavy atom. The Labute approximate surface area is 160 Å². The highest BCUT2D eigenvalue weighted by molar-refractivity contribution is 7.98. The van der Waals surface area contributed by atoms with Gasteiger partial charge >= 0.3 is 0 Å². The maximum Gasteiger partial charge on any atom is 0.251 e. The van der Waals surface area contributed by atoms with Gasteiger partial charge in [0.05, 0.1) is 0 Å². The van der Waals surface area contributed by atoms with Gasteiger partial charge in [0.15, 0.2) is 0 Å². The van der Waals surface area contributed by atoms with E-state index in [2.05, 4.69) is 10.6 Å². The van der Waals surface area contributed by atoms with E-state index in [4.69, 9.17) is 0 Å². The number of likely N-dealkylation sites (N-methyl/N-ethyl adjacent to an activating group) is 1. The van der Waals surface area contributed by atoms with Crippen molar-refractivity contribution >= 4 is 36.0 Å². The van der Waals surface area contributed by atoms with Crippen molar-refractivity contribution in [2.75, 3.05) is 32.1 Å². The van der Waals surface area contributed by atoms with E-state index in [-0.39, 0.29) is 30.3 Å². The van der Waals surface area contributed by atoms with Gasteiger partial charge < -0.3 is 15.5 Å². The first-order chi connectivity index (χ1) is 11.5. The third kappa shape index (κ3) is 6.20. The zero-order valence-corrected chi connectivity index (χ0v) is 16.7. The van der Waals surface area contributed by atoms with Crippen LogP contribution in [0.25, 0.3) is 0 Å². The van der Waals surface area contributed by atoms with E-state index in [9.17, 15) is 9.59 Å². The normalized spacial score (nSPS) is 17.5. The third-order valence-electron chi connectivity index (χ3n) is 4.42. The Balaban J connectivity index is 0.00000312. The second-order valence-electron chi connectivity index (χ2n) is 6.27. The van der Waals surface area contributed by atoms with Crippen LogP contribution in [0, 0.1) is 6.92 Å². The first kappa shape index (κ1) is 21.8. The van der Waals surface area contributed by atoms with Crippen LogP contribution in [-0.2, 0) is 4.79 Å². The van der Waals surface area contributed by atoms with Gasteiger partial charge in [0.1, 0.15) is 6.04 Å². The Hall–Kier alpha value is -1.24. The second kappa shape index (κ2) is 10.7. The fourth-order valence-electron chi connectivity index (χ4n) is 2.92. The van der Waals surface area contributed by atoms with E-state index in [0.717, 1.165) is 30.8 Å². The number of aryl methyl sites for hydroxylation is 1. The molecule has 1 aromatic rings. The Morgan fingerprint density at radius 2 is 2.20 bits per heavy atom. The summed E-state index contributed by atoms with van der Waals surface area (Å²) in [5, 5.41) is 6.21. The molecular formula is C18H28ClN3O2S. The smallest absolute Gasteiger partial charge is 0.251 e. The molecule has 1 heterocycles. The van der Waals surface area contributed by atoms with Crippen molar-refractivity contribution in [3.63, 3.8) is 0 Å². The highest BCUT2D eigenvalue weighted by atomic mass is 35.5. The number of nitrogens with one attached hydrogen (secondary N) is 2. The van der Waals surface area contributed by atoms with E-state index in [0.29, 0.717) is 12.0 Å². The molecule has 0 aliphatic carbocycles. The summed E-state index contributed by atoms with van der Waals surface area (Å²) in [6, 6.07) is 7.17. The van der Waals surface area contributed by atoms with Crippen LogP contribution in [0.4, 0.5) is 0 Å². The number of halogens is 1. The number of amides is 2. The summed E-state index contributed by atoms with van der Waals surface area (Å²) >= 11 is 1.68. The van der Waals surface area contributed by atoms with Gasteiger partial charge in [-0.15, -0.1) is 12.4 Å². The molecule has 1 fully saturated rings. The summed E-state index contributed by atoms with van der Waals surface area (Å²) in [5.41, 5.74) is 1.63. The minimum atomic E-state index is -0.476. The van der Waals surface area contributed by atoms with Crippen molar-refractivity contribution in [3.8, 4) is 0 Å². The van der Waals surface area contributed by atoms with Crippen molar-refractivity contribution < 1.29 is 9.59 Å². The first-order valence-electron chi connectivity index (χ1n) is 8.36. The predicted molar refractivity (Wildman–Crippen MR) is 107 cm³/mol. The van der Waals surface area contributed by atoms with Gasteiger partial charge in [0.2, 0.25) is 5.91 Å². The van der Waals surface area contributed by atoms with Gasteiger partial charge in [0.25, 0.3) is 5.91 Å². The Morgan fingerprint density at radius 3 is 2.80 bits per heavy atom. The molecule has 0 spiro atoms. The van der Waals surface area contributed by atoms with Gasteiger partial charge in [-0.05, 0) is 50.5 Å². The Bertz CT molecular complexity index is 579. The molecule has 0 bridgehead atoms. The van der Waals surface area contributed by atoms with E-state index in [1.807, 2.05) is 38.4 Å². The van der Waals surface area contributed by atoms with Crippen LogP contribution in [0.2, 0.25) is 0 Å². The van der Waals surface area contributed by atoms with Gasteiger partial charge in [-0.3, -0.25) is 9.59 Å². The zero-order valence-electron chi connectivity index (χ0n) is 15.1. The highest BCUT2D eigenvalue weighted by Gasteiger charge is 2.29. The molecule has 7 heteroatoms. The average molecular weight is 386 g/mol. The van der Waals surface area contributed by atoms with Gasteiger partial charge in [-0.1, -0.05) is 17.7 Å². The van der Waals surface area contributed by atoms with Crippen LogP contribution < -0.4 is 10.6 Å². The van der Waals surface area contributed by atoms with Crippen LogP contribution in [0.5, 0.6) is 0 Å². The highest BCUT2D eigenvalue weighted by Crippen LogP contribution is 2.12. The molecule has 5 nitrogen and oxygen atoms in total. The number of thioether (sulfide) groups is 1. The zero-order chi connectivity index (χ0) is 17.5. The summed E-state index contributed by atoms with van der Waals surface area (Å²) in [6.07, 6.45) is 3.61. The third-order valence-corrected chi connectivity index (χ3v) is 5.07. The van der Waals surface area contributed by atoms with Crippen LogP contribution >= 0.6 is 24.2 Å². The first-order valence-corrected chi connectivity index (χ1v) is 9.76. The number of benzene rings is 1. The maximum absolute atomic E-state index is 12.8. The van der Waals surface area contributed by atoms with Crippen LogP contribution in [0.1, 0.15) is 28.8 Å². The largest absolute Gasteiger partial charge is 0.340 e. The van der Waals surface area contributed by atoms with Gasteiger partial charge in [-0.25, -0.2) is 0 Å². The fourth-order valence-corrected chi connectivity index (χ4v) is 3.39. The standard InChI is InChI=1S/C18H27N3O2S.ClH/c1-13-5-4-6-14(11-13)17(22)20-16(8-10-24-3)18(23)21(2)15-7-9-19-12-15;/h4-6,11,15-16,19H,7-10,12H2,1-3H3,(H,20,22);1H. The monoisotopic (exact) mass is 385 g/mol. The lowest BCUT2D eigenvalue weighted by molar-refractivity contribution is -0.133. The second-order valence-corrected chi connectivity index (χ2v) is 7.26. The van der Waals surface area contributed by atoms with Gasteiger partial charge in [0, 0.05) is 25.2 Å². The maximum atomic E-state index is 12.8. The van der Waals surface area contributed by atoms with Crippen molar-refractivity contribution in [2.45, 2.75) is 31.8 Å². The molecule has 1 aromatic carbocycles. The van der Waals surface area contributed by atoms with E-state index in [1.165, 1.54) is 0 Å². The number of hydrogen-bond donors (Lipinski definition) is 2. The summed E-state index contributed by atoms with van der Waals surface area (Å²) in [4.78, 5) is 27.2. The van der Waals surface area contributed by atoms with Crippen molar-refractivity contribution in [3.05, 3.63) is 35.4 Å². The number of hydrogen-bond acceptors (Lipinski definition) is 4. The topological polar surface area (TPSA) is 61.4 Å². The van der Waals surface area contributed by atoms with Crippen LogP contribution in [0.3, 0.4) is 0 Å². The van der Waals surface area contributed by atoms with E-state index < -0.39 is 6.04 Å². The molecule has 2 unspecified atom stereocenters. The molecule has 2 atom stereocenters. The van der Waals surface area contributed by atoms with E-state index >= 15 is 0 Å². The lowest BCUT2D eigenvalue weighted by Gasteiger charge is -2.29. The number of carbonyl (C=O) groups excluding carboxylic acids is 2. The lowest BCUT2D eigenvalue weighted by Crippen LogP contribution is -2.51. The number of carbonyl (C=O) groups is 2. The summed E-state index contributed by atoms with van der Waals surface area (Å²) in [6.45, 7) is 3.71. The molecule has 1 saturated heterocycles. The summed E-state index contributed by atoms with van der Waals surface area (Å²) in [5.74, 6) is 0.649. The van der Waals surface area contributed by atoms with Crippen molar-refractivity contribution in [1.82, 2.24) is 15.5 Å². The molecule has 25 heavy (non-hydrogen) atoms. The summed E-state index contributed by atoms with van der Waals surface area (Å²) in [7, 11) is 1.84. The van der Waals surface area contributed by atoms with E-state index in [1.54, 1.807) is 22.7 Å². The molecule has 2 rings (SSSR count). The Kier molecular flexibility index (Phi) is 9.32. The average Bonchev–Trinajstić information content (AvgIpc) is 3.11. The fraction of sp³-hybridized carbons (Fsp3) is 0.556. The predicted octanol–water partition coefficient (Wildman–Crippen LogP) is 2.09. The molecule has 2 amide bonds. The molecule has 1 aliphatic rings. The quantitative estimate of drug-likeness (QED) is 0.754. The lowest BCUT2D eigenvalue weighted by atomic mass is 10.1. The summed E-state index contributed by atoms with van der Waals surface area (Å²) < 4.78 is 0. The molecule has 0 radical (unpaired) electrons. The van der Waals surface area contributed by atoms with Crippen LogP contribution in [-0.4, -0.2) is 60.9 Å². The minimum absolute atomic E-state index is 0. The van der Waals surface area contributed by atoms with Crippen LogP contribution in [0.15, 0.2) is 24.3 Å². The molecular weight excluding hydrogens is 358 g/mol. The van der Waals surface area contributed by atoms with Crippen molar-refractivity contribution in [1.29, 1.82) is 0 Å². The minimum Gasteiger partial charge on any atom is -0.340 e. The molecule has 0 saturated carbocycles. The molecule has 1 aliphatic heterocycles. The molecule has 140 valence electrons.